The molecule has 2 aromatic carbocycles. The van der Waals surface area contributed by atoms with Crippen molar-refractivity contribution in [3.63, 3.8) is 0 Å². The van der Waals surface area contributed by atoms with Crippen LogP contribution in [0.3, 0.4) is 0 Å². The highest BCUT2D eigenvalue weighted by Gasteiger charge is 2.34. The number of fused-ring (bicyclic) bond motifs is 3. The second-order valence-corrected chi connectivity index (χ2v) is 6.40. The highest BCUT2D eigenvalue weighted by molar-refractivity contribution is 5.97. The molecular weight excluding hydrogens is 358 g/mol. The molecule has 6 heteroatoms. The maximum absolute atomic E-state index is 13.0. The van der Waals surface area contributed by atoms with Gasteiger partial charge in [0.05, 0.1) is 12.5 Å². The van der Waals surface area contributed by atoms with Crippen molar-refractivity contribution in [1.82, 2.24) is 5.32 Å². The zero-order chi connectivity index (χ0) is 20.1. The third-order valence-corrected chi connectivity index (χ3v) is 4.62. The molecule has 1 aliphatic rings. The van der Waals surface area contributed by atoms with Crippen LogP contribution in [0.15, 0.2) is 60.7 Å². The van der Waals surface area contributed by atoms with Crippen LogP contribution < -0.4 is 5.32 Å². The Kier molecular flexibility index (Phi) is 5.89. The van der Waals surface area contributed by atoms with Gasteiger partial charge in [0.2, 0.25) is 5.91 Å². The molecule has 6 nitrogen and oxygen atoms in total. The van der Waals surface area contributed by atoms with Gasteiger partial charge in [0.1, 0.15) is 6.04 Å². The van der Waals surface area contributed by atoms with Gasteiger partial charge in [0.25, 0.3) is 0 Å². The Morgan fingerprint density at radius 3 is 2.18 bits per heavy atom. The van der Waals surface area contributed by atoms with Gasteiger partial charge in [0, 0.05) is 6.08 Å². The third-order valence-electron chi connectivity index (χ3n) is 4.62. The Bertz CT molecular complexity index is 889. The van der Waals surface area contributed by atoms with Gasteiger partial charge in [-0.3, -0.25) is 4.79 Å². The first-order valence-corrected chi connectivity index (χ1v) is 9.07. The van der Waals surface area contributed by atoms with Gasteiger partial charge in [-0.15, -0.1) is 0 Å². The minimum Gasteiger partial charge on any atom is -0.480 e. The highest BCUT2D eigenvalue weighted by atomic mass is 16.5. The van der Waals surface area contributed by atoms with Gasteiger partial charge in [-0.25, -0.2) is 9.59 Å². The van der Waals surface area contributed by atoms with Crippen molar-refractivity contribution in [2.24, 2.45) is 0 Å². The lowest BCUT2D eigenvalue weighted by molar-refractivity contribution is -0.142. The summed E-state index contributed by atoms with van der Waals surface area (Å²) in [5.74, 6) is -2.66. The number of nitrogens with one attached hydrogen (secondary N) is 1. The zero-order valence-electron chi connectivity index (χ0n) is 15.4. The van der Waals surface area contributed by atoms with Crippen molar-refractivity contribution in [1.29, 1.82) is 0 Å². The molecule has 1 amide bonds. The molecule has 0 radical (unpaired) electrons. The van der Waals surface area contributed by atoms with Crippen LogP contribution in [0.1, 0.15) is 30.4 Å². The lowest BCUT2D eigenvalue weighted by Crippen LogP contribution is -2.42. The van der Waals surface area contributed by atoms with E-state index in [0.717, 1.165) is 22.3 Å². The molecule has 3 rings (SSSR count). The Morgan fingerprint density at radius 2 is 1.64 bits per heavy atom. The standard InChI is InChI=1S/C22H21NO5/c1-2-28-19(24)13-7-12-18(22(26)27)23-21(25)20-16-10-5-3-8-14(16)15-9-4-6-11-17(15)20/h3-11,13,18,20H,2,12H2,1H3,(H,23,25)(H,26,27)/b13-7+/t18-/m1/s1. The van der Waals surface area contributed by atoms with Crippen LogP contribution in [0, 0.1) is 0 Å². The summed E-state index contributed by atoms with van der Waals surface area (Å²) in [4.78, 5) is 35.9. The van der Waals surface area contributed by atoms with Crippen LogP contribution in [-0.4, -0.2) is 35.6 Å². The molecular formula is C22H21NO5. The molecule has 1 atom stereocenters. The minimum atomic E-state index is -1.17. The number of aliphatic carboxylic acids is 1. The summed E-state index contributed by atoms with van der Waals surface area (Å²) in [6.07, 6.45) is 2.55. The molecule has 2 N–H and O–H groups in total. The van der Waals surface area contributed by atoms with Crippen LogP contribution in [0.5, 0.6) is 0 Å². The average molecular weight is 379 g/mol. The molecule has 0 saturated carbocycles. The van der Waals surface area contributed by atoms with Crippen LogP contribution in [-0.2, 0) is 19.1 Å². The van der Waals surface area contributed by atoms with Crippen LogP contribution >= 0.6 is 0 Å². The number of carboxylic acid groups (broad SMARTS) is 1. The van der Waals surface area contributed by atoms with Crippen molar-refractivity contribution in [2.45, 2.75) is 25.3 Å². The summed E-state index contributed by atoms with van der Waals surface area (Å²) < 4.78 is 4.76. The minimum absolute atomic E-state index is 0.0180. The molecule has 0 spiro atoms. The number of carbonyl (C=O) groups is 3. The molecule has 1 aliphatic carbocycles. The molecule has 144 valence electrons. The van der Waals surface area contributed by atoms with E-state index >= 15 is 0 Å². The fraction of sp³-hybridized carbons (Fsp3) is 0.227. The maximum atomic E-state index is 13.0. The fourth-order valence-electron chi connectivity index (χ4n) is 3.41. The van der Waals surface area contributed by atoms with E-state index in [0.29, 0.717) is 0 Å². The molecule has 0 heterocycles. The number of ether oxygens (including phenoxy) is 1. The first-order chi connectivity index (χ1) is 13.5. The molecule has 0 aromatic heterocycles. The van der Waals surface area contributed by atoms with Crippen LogP contribution in [0.2, 0.25) is 0 Å². The van der Waals surface area contributed by atoms with E-state index in [1.165, 1.54) is 12.2 Å². The molecule has 0 saturated heterocycles. The first kappa shape index (κ1) is 19.4. The molecule has 0 fully saturated rings. The zero-order valence-corrected chi connectivity index (χ0v) is 15.4. The number of hydrogen-bond acceptors (Lipinski definition) is 4. The number of amides is 1. The van der Waals surface area contributed by atoms with E-state index < -0.39 is 23.9 Å². The summed E-state index contributed by atoms with van der Waals surface area (Å²) in [6.45, 7) is 1.92. The fourth-order valence-corrected chi connectivity index (χ4v) is 3.41. The third kappa shape index (κ3) is 3.96. The summed E-state index contributed by atoms with van der Waals surface area (Å²) in [5.41, 5.74) is 3.67. The van der Waals surface area contributed by atoms with Crippen LogP contribution in [0.25, 0.3) is 11.1 Å². The number of benzene rings is 2. The van der Waals surface area contributed by atoms with Gasteiger partial charge in [-0.2, -0.15) is 0 Å². The number of carboxylic acids is 1. The highest BCUT2D eigenvalue weighted by Crippen LogP contribution is 2.44. The van der Waals surface area contributed by atoms with Crippen LogP contribution in [0.4, 0.5) is 0 Å². The van der Waals surface area contributed by atoms with Gasteiger partial charge in [0.15, 0.2) is 0 Å². The Hall–Kier alpha value is -3.41. The number of esters is 1. The monoisotopic (exact) mass is 379 g/mol. The first-order valence-electron chi connectivity index (χ1n) is 9.07. The van der Waals surface area contributed by atoms with Crippen molar-refractivity contribution < 1.29 is 24.2 Å². The lowest BCUT2D eigenvalue weighted by Gasteiger charge is -2.18. The molecule has 0 bridgehead atoms. The number of hydrogen-bond donors (Lipinski definition) is 2. The second-order valence-electron chi connectivity index (χ2n) is 6.40. The topological polar surface area (TPSA) is 92.7 Å². The SMILES string of the molecule is CCOC(=O)/C=C/C[C@@H](NC(=O)C1c2ccccc2-c2ccccc21)C(=O)O. The lowest BCUT2D eigenvalue weighted by atomic mass is 9.95. The maximum Gasteiger partial charge on any atom is 0.330 e. The molecule has 0 unspecified atom stereocenters. The molecule has 2 aromatic rings. The van der Waals surface area contributed by atoms with E-state index in [9.17, 15) is 19.5 Å². The normalized spacial score (nSPS) is 13.6. The molecule has 0 aliphatic heterocycles. The Balaban J connectivity index is 1.79. The smallest absolute Gasteiger partial charge is 0.330 e. The number of rotatable bonds is 7. The Morgan fingerprint density at radius 1 is 1.07 bits per heavy atom. The summed E-state index contributed by atoms with van der Waals surface area (Å²) >= 11 is 0. The summed E-state index contributed by atoms with van der Waals surface area (Å²) in [5, 5.41) is 12.1. The van der Waals surface area contributed by atoms with Gasteiger partial charge >= 0.3 is 11.9 Å². The largest absolute Gasteiger partial charge is 0.480 e. The van der Waals surface area contributed by atoms with E-state index in [2.05, 4.69) is 5.32 Å². The van der Waals surface area contributed by atoms with Crippen molar-refractivity contribution in [3.8, 4) is 11.1 Å². The second kappa shape index (κ2) is 8.52. The van der Waals surface area contributed by atoms with E-state index in [1.54, 1.807) is 6.92 Å². The van der Waals surface area contributed by atoms with Crippen molar-refractivity contribution in [3.05, 3.63) is 71.8 Å². The van der Waals surface area contributed by atoms with Gasteiger partial charge in [-0.05, 0) is 35.6 Å². The summed E-state index contributed by atoms with van der Waals surface area (Å²) in [7, 11) is 0. The van der Waals surface area contributed by atoms with E-state index in [1.807, 2.05) is 48.5 Å². The van der Waals surface area contributed by atoms with E-state index in [-0.39, 0.29) is 18.9 Å². The predicted molar refractivity (Wildman–Crippen MR) is 104 cm³/mol. The quantitative estimate of drug-likeness (QED) is 0.570. The molecule has 28 heavy (non-hydrogen) atoms. The van der Waals surface area contributed by atoms with Gasteiger partial charge < -0.3 is 15.2 Å². The van der Waals surface area contributed by atoms with Crippen molar-refractivity contribution in [2.75, 3.05) is 6.61 Å². The predicted octanol–water partition coefficient (Wildman–Crippen LogP) is 2.88. The average Bonchev–Trinajstić information content (AvgIpc) is 3.02. The number of carbonyl (C=O) groups excluding carboxylic acids is 2. The van der Waals surface area contributed by atoms with Crippen molar-refractivity contribution >= 4 is 17.8 Å². The van der Waals surface area contributed by atoms with Gasteiger partial charge in [-0.1, -0.05) is 54.6 Å². The Labute approximate surface area is 162 Å². The summed E-state index contributed by atoms with van der Waals surface area (Å²) in [6, 6.07) is 14.1. The van der Waals surface area contributed by atoms with E-state index in [4.69, 9.17) is 4.74 Å².